The van der Waals surface area contributed by atoms with Crippen molar-refractivity contribution in [1.82, 2.24) is 10.5 Å². The van der Waals surface area contributed by atoms with E-state index in [0.29, 0.717) is 34.2 Å². The van der Waals surface area contributed by atoms with Gasteiger partial charge >= 0.3 is 0 Å². The summed E-state index contributed by atoms with van der Waals surface area (Å²) in [7, 11) is 0. The molecule has 1 aromatic heterocycles. The third-order valence-corrected chi connectivity index (χ3v) is 5.10. The zero-order valence-corrected chi connectivity index (χ0v) is 16.0. The van der Waals surface area contributed by atoms with Gasteiger partial charge in [0.1, 0.15) is 22.8 Å². The molecule has 4 rings (SSSR count). The number of aliphatic hydroxyl groups is 1. The SMILES string of the molecule is Cc1onc(-c2ccccc2Cl)c1C(=O)NC[C@@H](O)c1ccc2c(c1)CCO2. The number of nitrogens with zero attached hydrogens (tertiary/aromatic N) is 1. The molecule has 7 heteroatoms. The molecule has 0 spiro atoms. The van der Waals surface area contributed by atoms with E-state index in [1.807, 2.05) is 18.2 Å². The zero-order valence-electron chi connectivity index (χ0n) is 15.2. The van der Waals surface area contributed by atoms with Crippen LogP contribution in [0, 0.1) is 6.92 Å². The second-order valence-electron chi connectivity index (χ2n) is 6.63. The molecule has 0 unspecified atom stereocenters. The lowest BCUT2D eigenvalue weighted by atomic mass is 10.0. The van der Waals surface area contributed by atoms with Crippen LogP contribution in [-0.4, -0.2) is 29.3 Å². The highest BCUT2D eigenvalue weighted by atomic mass is 35.5. The van der Waals surface area contributed by atoms with Crippen LogP contribution in [0.4, 0.5) is 0 Å². The van der Waals surface area contributed by atoms with Crippen LogP contribution in [0.5, 0.6) is 5.75 Å². The Labute approximate surface area is 167 Å². The van der Waals surface area contributed by atoms with Gasteiger partial charge in [0.05, 0.1) is 17.7 Å². The van der Waals surface area contributed by atoms with Crippen molar-refractivity contribution in [3.8, 4) is 17.0 Å². The van der Waals surface area contributed by atoms with Gasteiger partial charge in [-0.05, 0) is 36.2 Å². The lowest BCUT2D eigenvalue weighted by molar-refractivity contribution is 0.0915. The summed E-state index contributed by atoms with van der Waals surface area (Å²) >= 11 is 6.24. The highest BCUT2D eigenvalue weighted by Gasteiger charge is 2.24. The molecule has 6 nitrogen and oxygen atoms in total. The molecule has 2 aromatic carbocycles. The summed E-state index contributed by atoms with van der Waals surface area (Å²) in [6.07, 6.45) is -0.0117. The van der Waals surface area contributed by atoms with Gasteiger partial charge in [0, 0.05) is 18.5 Å². The number of amides is 1. The predicted octanol–water partition coefficient (Wildman–Crippen LogP) is 3.70. The minimum absolute atomic E-state index is 0.0606. The summed E-state index contributed by atoms with van der Waals surface area (Å²) in [6.45, 7) is 2.38. The van der Waals surface area contributed by atoms with Gasteiger partial charge < -0.3 is 19.7 Å². The minimum Gasteiger partial charge on any atom is -0.493 e. The molecular formula is C21H19ClN2O4. The monoisotopic (exact) mass is 398 g/mol. The van der Waals surface area contributed by atoms with E-state index in [-0.39, 0.29) is 12.5 Å². The van der Waals surface area contributed by atoms with Gasteiger partial charge in [-0.1, -0.05) is 41.0 Å². The van der Waals surface area contributed by atoms with Crippen molar-refractivity contribution in [2.75, 3.05) is 13.2 Å². The van der Waals surface area contributed by atoms with Gasteiger partial charge in [-0.25, -0.2) is 0 Å². The molecule has 0 saturated heterocycles. The average Bonchev–Trinajstić information content (AvgIpc) is 3.32. The van der Waals surface area contributed by atoms with Crippen molar-refractivity contribution in [3.63, 3.8) is 0 Å². The van der Waals surface area contributed by atoms with E-state index in [9.17, 15) is 9.90 Å². The van der Waals surface area contributed by atoms with E-state index in [1.165, 1.54) is 0 Å². The second-order valence-corrected chi connectivity index (χ2v) is 7.04. The lowest BCUT2D eigenvalue weighted by Crippen LogP contribution is -2.29. The molecule has 0 radical (unpaired) electrons. The van der Waals surface area contributed by atoms with Crippen molar-refractivity contribution in [3.05, 3.63) is 69.9 Å². The molecule has 1 aliphatic rings. The number of aliphatic hydroxyl groups excluding tert-OH is 1. The molecular weight excluding hydrogens is 380 g/mol. The van der Waals surface area contributed by atoms with E-state index in [1.54, 1.807) is 31.2 Å². The van der Waals surface area contributed by atoms with Crippen molar-refractivity contribution in [2.24, 2.45) is 0 Å². The van der Waals surface area contributed by atoms with Crippen LogP contribution >= 0.6 is 11.6 Å². The summed E-state index contributed by atoms with van der Waals surface area (Å²) in [6, 6.07) is 12.7. The van der Waals surface area contributed by atoms with Crippen molar-refractivity contribution >= 4 is 17.5 Å². The standard InChI is InChI=1S/C21H19ClN2O4/c1-12-19(20(24-28-12)15-4-2-3-5-16(15)22)21(26)23-11-17(25)13-6-7-18-14(10-13)8-9-27-18/h2-7,10,17,25H,8-9,11H2,1H3,(H,23,26)/t17-/m1/s1. The molecule has 3 aromatic rings. The number of hydrogen-bond acceptors (Lipinski definition) is 5. The number of hydrogen-bond donors (Lipinski definition) is 2. The highest BCUT2D eigenvalue weighted by Crippen LogP contribution is 2.31. The molecule has 1 amide bonds. The first-order chi connectivity index (χ1) is 13.5. The van der Waals surface area contributed by atoms with Crippen LogP contribution in [0.15, 0.2) is 47.0 Å². The summed E-state index contributed by atoms with van der Waals surface area (Å²) in [5.41, 5.74) is 3.11. The van der Waals surface area contributed by atoms with Crippen molar-refractivity contribution < 1.29 is 19.2 Å². The number of fused-ring (bicyclic) bond motifs is 1. The molecule has 28 heavy (non-hydrogen) atoms. The summed E-state index contributed by atoms with van der Waals surface area (Å²) in [5, 5.41) is 17.7. The maximum atomic E-state index is 12.8. The van der Waals surface area contributed by atoms with Crippen molar-refractivity contribution in [2.45, 2.75) is 19.4 Å². The van der Waals surface area contributed by atoms with E-state index in [4.69, 9.17) is 20.9 Å². The fourth-order valence-electron chi connectivity index (χ4n) is 3.29. The molecule has 1 atom stereocenters. The van der Waals surface area contributed by atoms with Gasteiger partial charge in [0.25, 0.3) is 5.91 Å². The van der Waals surface area contributed by atoms with E-state index < -0.39 is 6.10 Å². The second kappa shape index (κ2) is 7.66. The molecule has 144 valence electrons. The smallest absolute Gasteiger partial charge is 0.257 e. The first kappa shape index (κ1) is 18.5. The number of benzene rings is 2. The predicted molar refractivity (Wildman–Crippen MR) is 105 cm³/mol. The van der Waals surface area contributed by atoms with Gasteiger partial charge in [0.15, 0.2) is 0 Å². The largest absolute Gasteiger partial charge is 0.493 e. The molecule has 2 heterocycles. The molecule has 0 fully saturated rings. The van der Waals surface area contributed by atoms with Crippen LogP contribution in [0.25, 0.3) is 11.3 Å². The Hall–Kier alpha value is -2.83. The molecule has 0 saturated carbocycles. The number of halogens is 1. The number of aryl methyl sites for hydroxylation is 1. The first-order valence-electron chi connectivity index (χ1n) is 8.97. The van der Waals surface area contributed by atoms with Crippen molar-refractivity contribution in [1.29, 1.82) is 0 Å². The molecule has 0 aliphatic carbocycles. The Bertz CT molecular complexity index is 1030. The zero-order chi connectivity index (χ0) is 19.7. The average molecular weight is 399 g/mol. The number of rotatable bonds is 5. The quantitative estimate of drug-likeness (QED) is 0.684. The third-order valence-electron chi connectivity index (χ3n) is 4.77. The molecule has 0 bridgehead atoms. The number of carbonyl (C=O) groups excluding carboxylic acids is 1. The number of carbonyl (C=O) groups is 1. The number of nitrogens with one attached hydrogen (secondary N) is 1. The topological polar surface area (TPSA) is 84.6 Å². The fourth-order valence-corrected chi connectivity index (χ4v) is 3.51. The van der Waals surface area contributed by atoms with Crippen LogP contribution in [0.3, 0.4) is 0 Å². The third kappa shape index (κ3) is 3.48. The van der Waals surface area contributed by atoms with E-state index in [2.05, 4.69) is 10.5 Å². The molecule has 2 N–H and O–H groups in total. The van der Waals surface area contributed by atoms with Crippen LogP contribution in [0.2, 0.25) is 5.02 Å². The number of aromatic nitrogens is 1. The van der Waals surface area contributed by atoms with Gasteiger partial charge in [0.2, 0.25) is 0 Å². The Balaban J connectivity index is 1.50. The lowest BCUT2D eigenvalue weighted by Gasteiger charge is -2.13. The maximum absolute atomic E-state index is 12.8. The van der Waals surface area contributed by atoms with Gasteiger partial charge in [-0.3, -0.25) is 4.79 Å². The van der Waals surface area contributed by atoms with Crippen LogP contribution in [0.1, 0.15) is 33.3 Å². The van der Waals surface area contributed by atoms with E-state index >= 15 is 0 Å². The highest BCUT2D eigenvalue weighted by molar-refractivity contribution is 6.33. The Kier molecular flexibility index (Phi) is 5.07. The van der Waals surface area contributed by atoms with Crippen LogP contribution < -0.4 is 10.1 Å². The minimum atomic E-state index is -0.834. The van der Waals surface area contributed by atoms with Gasteiger partial charge in [-0.15, -0.1) is 0 Å². The Morgan fingerprint density at radius 2 is 2.14 bits per heavy atom. The van der Waals surface area contributed by atoms with Gasteiger partial charge in [-0.2, -0.15) is 0 Å². The Morgan fingerprint density at radius 1 is 1.32 bits per heavy atom. The summed E-state index contributed by atoms with van der Waals surface area (Å²) in [5.74, 6) is 0.860. The summed E-state index contributed by atoms with van der Waals surface area (Å²) in [4.78, 5) is 12.8. The molecule has 1 aliphatic heterocycles. The van der Waals surface area contributed by atoms with Crippen LogP contribution in [-0.2, 0) is 6.42 Å². The van der Waals surface area contributed by atoms with E-state index in [0.717, 1.165) is 23.3 Å². The normalized spacial score (nSPS) is 13.7. The number of ether oxygens (including phenoxy) is 1. The summed E-state index contributed by atoms with van der Waals surface area (Å²) < 4.78 is 10.7. The Morgan fingerprint density at radius 3 is 2.96 bits per heavy atom. The fraction of sp³-hybridized carbons (Fsp3) is 0.238. The first-order valence-corrected chi connectivity index (χ1v) is 9.35. The maximum Gasteiger partial charge on any atom is 0.257 e.